The van der Waals surface area contributed by atoms with Crippen molar-refractivity contribution in [2.75, 3.05) is 5.73 Å². The molecule has 2 heterocycles. The SMILES string of the molecule is Cc1nc2nc(N)nn2c(C)c1CCC(=O)NC(C)c1ccc(Cl)c(Cl)c1. The summed E-state index contributed by atoms with van der Waals surface area (Å²) in [6.07, 6.45) is 0.866. The van der Waals surface area contributed by atoms with Crippen LogP contribution in [0.3, 0.4) is 0 Å². The van der Waals surface area contributed by atoms with E-state index in [0.29, 0.717) is 28.7 Å². The number of nitrogen functional groups attached to an aromatic ring is 1. The van der Waals surface area contributed by atoms with Gasteiger partial charge >= 0.3 is 0 Å². The van der Waals surface area contributed by atoms with Gasteiger partial charge < -0.3 is 11.1 Å². The molecule has 1 unspecified atom stereocenters. The highest BCUT2D eigenvalue weighted by Gasteiger charge is 2.15. The zero-order chi connectivity index (χ0) is 19.7. The number of nitrogens with zero attached hydrogens (tertiary/aromatic N) is 4. The third kappa shape index (κ3) is 4.14. The molecule has 0 spiro atoms. The van der Waals surface area contributed by atoms with E-state index in [1.807, 2.05) is 26.8 Å². The minimum absolute atomic E-state index is 0.0643. The van der Waals surface area contributed by atoms with E-state index in [9.17, 15) is 4.79 Å². The van der Waals surface area contributed by atoms with Crippen molar-refractivity contribution in [2.24, 2.45) is 0 Å². The number of benzene rings is 1. The number of amides is 1. The third-order valence-electron chi connectivity index (χ3n) is 4.49. The smallest absolute Gasteiger partial charge is 0.254 e. The first-order valence-corrected chi connectivity index (χ1v) is 9.24. The second-order valence-corrected chi connectivity index (χ2v) is 7.22. The highest BCUT2D eigenvalue weighted by Crippen LogP contribution is 2.25. The summed E-state index contributed by atoms with van der Waals surface area (Å²) in [6.45, 7) is 5.71. The van der Waals surface area contributed by atoms with E-state index in [1.165, 1.54) is 0 Å². The standard InChI is InChI=1S/C18H20Cl2N6O/c1-9(12-4-6-14(19)15(20)8-12)22-16(27)7-5-13-10(2)23-18-24-17(21)25-26(18)11(13)3/h4,6,8-9H,5,7H2,1-3H3,(H2,21,25)(H,22,27). The maximum Gasteiger partial charge on any atom is 0.254 e. The lowest BCUT2D eigenvalue weighted by molar-refractivity contribution is -0.121. The molecular weight excluding hydrogens is 387 g/mol. The van der Waals surface area contributed by atoms with Gasteiger partial charge in [-0.3, -0.25) is 4.79 Å². The van der Waals surface area contributed by atoms with Crippen LogP contribution in [0.2, 0.25) is 10.0 Å². The third-order valence-corrected chi connectivity index (χ3v) is 5.23. The molecule has 0 fully saturated rings. The number of fused-ring (bicyclic) bond motifs is 1. The van der Waals surface area contributed by atoms with Crippen LogP contribution in [0.15, 0.2) is 18.2 Å². The summed E-state index contributed by atoms with van der Waals surface area (Å²) in [5.41, 5.74) is 9.20. The molecule has 0 saturated carbocycles. The number of aryl methyl sites for hydroxylation is 2. The Morgan fingerprint density at radius 2 is 2.00 bits per heavy atom. The average molecular weight is 407 g/mol. The van der Waals surface area contributed by atoms with Crippen LogP contribution in [0.5, 0.6) is 0 Å². The number of halogens is 2. The molecule has 142 valence electrons. The first kappa shape index (κ1) is 19.4. The number of nitrogens with one attached hydrogen (secondary N) is 1. The van der Waals surface area contributed by atoms with Gasteiger partial charge in [-0.05, 0) is 50.5 Å². The van der Waals surface area contributed by atoms with E-state index >= 15 is 0 Å². The Morgan fingerprint density at radius 1 is 1.26 bits per heavy atom. The number of rotatable bonds is 5. The molecule has 7 nitrogen and oxygen atoms in total. The van der Waals surface area contributed by atoms with Crippen LogP contribution < -0.4 is 11.1 Å². The Labute approximate surface area is 166 Å². The predicted molar refractivity (Wildman–Crippen MR) is 106 cm³/mol. The van der Waals surface area contributed by atoms with Gasteiger partial charge in [0.1, 0.15) is 0 Å². The Kier molecular flexibility index (Phi) is 5.53. The van der Waals surface area contributed by atoms with Crippen molar-refractivity contribution < 1.29 is 4.79 Å². The van der Waals surface area contributed by atoms with Crippen LogP contribution in [0, 0.1) is 13.8 Å². The van der Waals surface area contributed by atoms with Crippen molar-refractivity contribution in [3.05, 3.63) is 50.8 Å². The summed E-state index contributed by atoms with van der Waals surface area (Å²) < 4.78 is 1.61. The van der Waals surface area contributed by atoms with Crippen molar-refractivity contribution in [1.29, 1.82) is 0 Å². The van der Waals surface area contributed by atoms with E-state index in [-0.39, 0.29) is 17.9 Å². The highest BCUT2D eigenvalue weighted by atomic mass is 35.5. The van der Waals surface area contributed by atoms with Gasteiger partial charge in [0, 0.05) is 17.8 Å². The quantitative estimate of drug-likeness (QED) is 0.675. The van der Waals surface area contributed by atoms with Gasteiger partial charge in [0.2, 0.25) is 11.9 Å². The van der Waals surface area contributed by atoms with Gasteiger partial charge in [-0.15, -0.1) is 5.10 Å². The maximum absolute atomic E-state index is 12.4. The van der Waals surface area contributed by atoms with Crippen LogP contribution in [-0.2, 0) is 11.2 Å². The van der Waals surface area contributed by atoms with E-state index in [1.54, 1.807) is 16.6 Å². The van der Waals surface area contributed by atoms with Crippen molar-refractivity contribution in [1.82, 2.24) is 24.9 Å². The van der Waals surface area contributed by atoms with Crippen LogP contribution in [0.4, 0.5) is 5.95 Å². The minimum Gasteiger partial charge on any atom is -0.366 e. The average Bonchev–Trinajstić information content (AvgIpc) is 2.97. The Hall–Kier alpha value is -2.38. The first-order valence-electron chi connectivity index (χ1n) is 8.49. The predicted octanol–water partition coefficient (Wildman–Crippen LogP) is 3.44. The molecule has 1 amide bonds. The fourth-order valence-corrected chi connectivity index (χ4v) is 3.31. The number of hydrogen-bond donors (Lipinski definition) is 2. The maximum atomic E-state index is 12.4. The zero-order valence-electron chi connectivity index (χ0n) is 15.3. The Bertz CT molecular complexity index is 1020. The van der Waals surface area contributed by atoms with Crippen molar-refractivity contribution in [3.8, 4) is 0 Å². The van der Waals surface area contributed by atoms with Crippen LogP contribution >= 0.6 is 23.2 Å². The summed E-state index contributed by atoms with van der Waals surface area (Å²) in [5.74, 6) is 0.574. The molecule has 1 aromatic carbocycles. The van der Waals surface area contributed by atoms with Gasteiger partial charge in [0.15, 0.2) is 0 Å². The molecule has 3 rings (SSSR count). The van der Waals surface area contributed by atoms with Gasteiger partial charge in [-0.1, -0.05) is 29.3 Å². The fourth-order valence-electron chi connectivity index (χ4n) is 3.00. The summed E-state index contributed by atoms with van der Waals surface area (Å²) >= 11 is 12.0. The van der Waals surface area contributed by atoms with Gasteiger partial charge in [0.05, 0.1) is 16.1 Å². The second-order valence-electron chi connectivity index (χ2n) is 6.41. The molecule has 0 aliphatic heterocycles. The normalized spacial score (nSPS) is 12.3. The van der Waals surface area contributed by atoms with Gasteiger partial charge in [-0.25, -0.2) is 4.98 Å². The molecule has 0 bridgehead atoms. The largest absolute Gasteiger partial charge is 0.366 e. The van der Waals surface area contributed by atoms with Crippen molar-refractivity contribution in [2.45, 2.75) is 39.7 Å². The van der Waals surface area contributed by atoms with Crippen LogP contribution in [-0.4, -0.2) is 25.5 Å². The van der Waals surface area contributed by atoms with E-state index in [4.69, 9.17) is 28.9 Å². The highest BCUT2D eigenvalue weighted by molar-refractivity contribution is 6.42. The minimum atomic E-state index is -0.176. The van der Waals surface area contributed by atoms with Crippen molar-refractivity contribution in [3.63, 3.8) is 0 Å². The number of hydrogen-bond acceptors (Lipinski definition) is 5. The van der Waals surface area contributed by atoms with E-state index < -0.39 is 0 Å². The molecule has 2 aromatic heterocycles. The number of anilines is 1. The molecule has 3 aromatic rings. The second kappa shape index (κ2) is 7.70. The molecule has 1 atom stereocenters. The zero-order valence-corrected chi connectivity index (χ0v) is 16.8. The summed E-state index contributed by atoms with van der Waals surface area (Å²) in [5, 5.41) is 8.07. The molecule has 0 aliphatic carbocycles. The lowest BCUT2D eigenvalue weighted by Gasteiger charge is -2.16. The molecule has 0 aliphatic rings. The molecule has 0 radical (unpaired) electrons. The van der Waals surface area contributed by atoms with E-state index in [0.717, 1.165) is 22.5 Å². The number of carbonyl (C=O) groups is 1. The Morgan fingerprint density at radius 3 is 2.70 bits per heavy atom. The topological polar surface area (TPSA) is 98.2 Å². The molecule has 0 saturated heterocycles. The monoisotopic (exact) mass is 406 g/mol. The lowest BCUT2D eigenvalue weighted by atomic mass is 10.1. The fraction of sp³-hybridized carbons (Fsp3) is 0.333. The van der Waals surface area contributed by atoms with E-state index in [2.05, 4.69) is 20.4 Å². The number of carbonyl (C=O) groups excluding carboxylic acids is 1. The Balaban J connectivity index is 1.68. The summed E-state index contributed by atoms with van der Waals surface area (Å²) in [7, 11) is 0. The molecule has 27 heavy (non-hydrogen) atoms. The van der Waals surface area contributed by atoms with Gasteiger partial charge in [-0.2, -0.15) is 9.50 Å². The van der Waals surface area contributed by atoms with Crippen LogP contribution in [0.25, 0.3) is 5.78 Å². The lowest BCUT2D eigenvalue weighted by Crippen LogP contribution is -2.27. The summed E-state index contributed by atoms with van der Waals surface area (Å²) in [6, 6.07) is 5.15. The molecular formula is C18H20Cl2N6O. The van der Waals surface area contributed by atoms with Crippen molar-refractivity contribution >= 4 is 40.8 Å². The number of aromatic nitrogens is 4. The number of nitrogens with two attached hydrogens (primary N) is 1. The molecule has 3 N–H and O–H groups in total. The molecule has 9 heteroatoms. The van der Waals surface area contributed by atoms with Crippen LogP contribution in [0.1, 0.15) is 41.9 Å². The summed E-state index contributed by atoms with van der Waals surface area (Å²) in [4.78, 5) is 20.9. The van der Waals surface area contributed by atoms with Gasteiger partial charge in [0.25, 0.3) is 5.78 Å². The first-order chi connectivity index (χ1) is 12.8.